The van der Waals surface area contributed by atoms with E-state index in [2.05, 4.69) is 63.2 Å². The molecule has 1 aliphatic carbocycles. The van der Waals surface area contributed by atoms with Gasteiger partial charge in [-0.3, -0.25) is 4.90 Å². The van der Waals surface area contributed by atoms with E-state index in [-0.39, 0.29) is 6.04 Å². The Morgan fingerprint density at radius 1 is 0.962 bits per heavy atom. The van der Waals surface area contributed by atoms with E-state index in [4.69, 9.17) is 0 Å². The van der Waals surface area contributed by atoms with Gasteiger partial charge in [-0.1, -0.05) is 56.0 Å². The van der Waals surface area contributed by atoms with Crippen molar-refractivity contribution in [3.05, 3.63) is 41.2 Å². The van der Waals surface area contributed by atoms with Crippen molar-refractivity contribution < 1.29 is 0 Å². The molecule has 4 rings (SSSR count). The van der Waals surface area contributed by atoms with Gasteiger partial charge in [-0.15, -0.1) is 5.10 Å². The van der Waals surface area contributed by atoms with Crippen LogP contribution in [0.15, 0.2) is 24.3 Å². The lowest BCUT2D eigenvalue weighted by molar-refractivity contribution is 0.146. The minimum absolute atomic E-state index is 0.167. The van der Waals surface area contributed by atoms with Crippen molar-refractivity contribution in [2.24, 2.45) is 5.92 Å². The summed E-state index contributed by atoms with van der Waals surface area (Å²) in [5.74, 6) is 1.86. The second kappa shape index (κ2) is 7.87. The summed E-state index contributed by atoms with van der Waals surface area (Å²) in [6.45, 7) is 6.76. The zero-order valence-corrected chi connectivity index (χ0v) is 16.1. The van der Waals surface area contributed by atoms with Crippen LogP contribution in [0.5, 0.6) is 0 Å². The van der Waals surface area contributed by atoms with Crippen molar-refractivity contribution in [1.82, 2.24) is 25.1 Å². The fourth-order valence-corrected chi connectivity index (χ4v) is 4.52. The summed E-state index contributed by atoms with van der Waals surface area (Å²) < 4.78 is 2.15. The molecule has 1 saturated carbocycles. The Labute approximate surface area is 156 Å². The Bertz CT molecular complexity index is 693. The van der Waals surface area contributed by atoms with Gasteiger partial charge < -0.3 is 0 Å². The molecule has 0 N–H and O–H groups in total. The number of hydrogen-bond acceptors (Lipinski definition) is 4. The second-order valence-electron chi connectivity index (χ2n) is 8.31. The minimum Gasteiger partial charge on any atom is -0.290 e. The lowest BCUT2D eigenvalue weighted by atomic mass is 9.93. The number of aromatic nitrogens is 4. The van der Waals surface area contributed by atoms with Crippen molar-refractivity contribution in [2.45, 2.75) is 70.9 Å². The fraction of sp³-hybridized carbons (Fsp3) is 0.667. The lowest BCUT2D eigenvalue weighted by Gasteiger charge is -2.37. The summed E-state index contributed by atoms with van der Waals surface area (Å²) in [6, 6.07) is 9.58. The molecule has 2 aromatic rings. The van der Waals surface area contributed by atoms with Crippen molar-refractivity contribution in [3.8, 4) is 0 Å². The Morgan fingerprint density at radius 3 is 2.35 bits per heavy atom. The number of benzene rings is 1. The SMILES string of the molecule is Cc1ccc([C@H](c2nnnn2C2CCCCC2)N2CCC(C)CC2)cc1. The zero-order valence-electron chi connectivity index (χ0n) is 16.1. The number of tetrazole rings is 1. The molecule has 2 fully saturated rings. The highest BCUT2D eigenvalue weighted by Gasteiger charge is 2.32. The first-order valence-electron chi connectivity index (χ1n) is 10.3. The monoisotopic (exact) mass is 353 g/mol. The lowest BCUT2D eigenvalue weighted by Crippen LogP contribution is -2.38. The van der Waals surface area contributed by atoms with Crippen molar-refractivity contribution in [1.29, 1.82) is 0 Å². The van der Waals surface area contributed by atoms with E-state index in [1.807, 2.05) is 0 Å². The van der Waals surface area contributed by atoms with Gasteiger partial charge >= 0.3 is 0 Å². The molecule has 0 radical (unpaired) electrons. The molecule has 1 aromatic heterocycles. The molecule has 2 aliphatic rings. The van der Waals surface area contributed by atoms with Gasteiger partial charge in [0.15, 0.2) is 5.82 Å². The Morgan fingerprint density at radius 2 is 1.65 bits per heavy atom. The molecule has 1 atom stereocenters. The Balaban J connectivity index is 1.69. The highest BCUT2D eigenvalue weighted by atomic mass is 15.6. The molecule has 0 bridgehead atoms. The van der Waals surface area contributed by atoms with E-state index in [9.17, 15) is 0 Å². The van der Waals surface area contributed by atoms with Gasteiger partial charge in [-0.05, 0) is 67.6 Å². The van der Waals surface area contributed by atoms with Crippen LogP contribution in [0.25, 0.3) is 0 Å². The first-order valence-corrected chi connectivity index (χ1v) is 10.3. The van der Waals surface area contributed by atoms with Gasteiger partial charge in [0.2, 0.25) is 0 Å². The second-order valence-corrected chi connectivity index (χ2v) is 8.31. The smallest absolute Gasteiger partial charge is 0.173 e. The van der Waals surface area contributed by atoms with E-state index in [0.29, 0.717) is 6.04 Å². The molecule has 5 heteroatoms. The molecule has 0 spiro atoms. The molecule has 1 saturated heterocycles. The predicted octanol–water partition coefficient (Wildman–Crippen LogP) is 4.31. The molecule has 26 heavy (non-hydrogen) atoms. The van der Waals surface area contributed by atoms with Crippen LogP contribution in [0.3, 0.4) is 0 Å². The average molecular weight is 354 g/mol. The number of likely N-dealkylation sites (tertiary alicyclic amines) is 1. The van der Waals surface area contributed by atoms with E-state index in [1.165, 1.54) is 56.1 Å². The van der Waals surface area contributed by atoms with Crippen LogP contribution >= 0.6 is 0 Å². The third kappa shape index (κ3) is 3.68. The molecule has 1 aliphatic heterocycles. The molecule has 140 valence electrons. The molecule has 0 unspecified atom stereocenters. The Hall–Kier alpha value is -1.75. The Kier molecular flexibility index (Phi) is 5.34. The first-order chi connectivity index (χ1) is 12.7. The molecule has 1 aromatic carbocycles. The van der Waals surface area contributed by atoms with E-state index < -0.39 is 0 Å². The summed E-state index contributed by atoms with van der Waals surface area (Å²) in [4.78, 5) is 2.59. The highest BCUT2D eigenvalue weighted by molar-refractivity contribution is 5.28. The summed E-state index contributed by atoms with van der Waals surface area (Å²) in [5.41, 5.74) is 2.61. The standard InChI is InChI=1S/C21H31N5/c1-16-8-10-18(11-9-16)20(25-14-12-17(2)13-15-25)21-22-23-24-26(21)19-6-4-3-5-7-19/h8-11,17,19-20H,3-7,12-15H2,1-2H3/t20-/m1/s1. The van der Waals surface area contributed by atoms with Crippen LogP contribution in [-0.2, 0) is 0 Å². The predicted molar refractivity (Wildman–Crippen MR) is 103 cm³/mol. The normalized spacial score (nSPS) is 21.8. The van der Waals surface area contributed by atoms with Crippen molar-refractivity contribution >= 4 is 0 Å². The maximum absolute atomic E-state index is 4.54. The minimum atomic E-state index is 0.167. The van der Waals surface area contributed by atoms with Gasteiger partial charge in [-0.2, -0.15) is 0 Å². The topological polar surface area (TPSA) is 46.8 Å². The van der Waals surface area contributed by atoms with Crippen molar-refractivity contribution in [3.63, 3.8) is 0 Å². The van der Waals surface area contributed by atoms with Crippen LogP contribution in [0.1, 0.15) is 80.9 Å². The third-order valence-corrected chi connectivity index (χ3v) is 6.26. The molecular formula is C21H31N5. The van der Waals surface area contributed by atoms with Crippen LogP contribution < -0.4 is 0 Å². The zero-order chi connectivity index (χ0) is 17.9. The van der Waals surface area contributed by atoms with E-state index >= 15 is 0 Å². The van der Waals surface area contributed by atoms with Crippen LogP contribution in [0.4, 0.5) is 0 Å². The van der Waals surface area contributed by atoms with Gasteiger partial charge in [-0.25, -0.2) is 4.68 Å². The van der Waals surface area contributed by atoms with Gasteiger partial charge in [0.05, 0.1) is 12.1 Å². The van der Waals surface area contributed by atoms with E-state index in [1.54, 1.807) is 0 Å². The third-order valence-electron chi connectivity index (χ3n) is 6.26. The summed E-state index contributed by atoms with van der Waals surface area (Å²) >= 11 is 0. The number of piperidine rings is 1. The summed E-state index contributed by atoms with van der Waals surface area (Å²) in [5, 5.41) is 13.1. The number of rotatable bonds is 4. The quantitative estimate of drug-likeness (QED) is 0.822. The number of hydrogen-bond donors (Lipinski definition) is 0. The summed E-state index contributed by atoms with van der Waals surface area (Å²) in [6.07, 6.45) is 8.85. The van der Waals surface area contributed by atoms with Gasteiger partial charge in [0.25, 0.3) is 0 Å². The number of aryl methyl sites for hydroxylation is 1. The summed E-state index contributed by atoms with van der Waals surface area (Å²) in [7, 11) is 0. The van der Waals surface area contributed by atoms with E-state index in [0.717, 1.165) is 24.8 Å². The first kappa shape index (κ1) is 17.7. The van der Waals surface area contributed by atoms with Crippen LogP contribution in [0.2, 0.25) is 0 Å². The average Bonchev–Trinajstić information content (AvgIpc) is 3.15. The molecule has 5 nitrogen and oxygen atoms in total. The number of nitrogens with zero attached hydrogens (tertiary/aromatic N) is 5. The molecular weight excluding hydrogens is 322 g/mol. The maximum Gasteiger partial charge on any atom is 0.173 e. The fourth-order valence-electron chi connectivity index (χ4n) is 4.52. The van der Waals surface area contributed by atoms with Crippen LogP contribution in [0, 0.1) is 12.8 Å². The highest BCUT2D eigenvalue weighted by Crippen LogP contribution is 2.35. The van der Waals surface area contributed by atoms with Gasteiger partial charge in [0, 0.05) is 0 Å². The van der Waals surface area contributed by atoms with Crippen molar-refractivity contribution in [2.75, 3.05) is 13.1 Å². The molecule has 2 heterocycles. The molecule has 0 amide bonds. The largest absolute Gasteiger partial charge is 0.290 e. The maximum atomic E-state index is 4.54. The van der Waals surface area contributed by atoms with Crippen LogP contribution in [-0.4, -0.2) is 38.2 Å². The van der Waals surface area contributed by atoms with Gasteiger partial charge in [0.1, 0.15) is 0 Å².